The second-order valence-electron chi connectivity index (χ2n) is 3.38. The highest BCUT2D eigenvalue weighted by atomic mass is 14.9. The molecule has 1 aromatic carbocycles. The average Bonchev–Trinajstić information content (AvgIpc) is 2.20. The van der Waals surface area contributed by atoms with E-state index in [1.54, 1.807) is 0 Å². The zero-order valence-electron chi connectivity index (χ0n) is 9.33. The molecule has 1 N–H and O–H groups in total. The van der Waals surface area contributed by atoms with Crippen molar-refractivity contribution in [2.24, 2.45) is 0 Å². The van der Waals surface area contributed by atoms with Gasteiger partial charge in [0.2, 0.25) is 0 Å². The zero-order valence-corrected chi connectivity index (χ0v) is 9.33. The summed E-state index contributed by atoms with van der Waals surface area (Å²) in [5, 5.41) is 3.23. The highest BCUT2D eigenvalue weighted by molar-refractivity contribution is 5.68. The Labute approximate surface area is 91.8 Å². The summed E-state index contributed by atoms with van der Waals surface area (Å²) in [6.07, 6.45) is 8.12. The van der Waals surface area contributed by atoms with Gasteiger partial charge in [-0.3, -0.25) is 0 Å². The number of hydrogen-bond acceptors (Lipinski definition) is 1. The first-order valence-corrected chi connectivity index (χ1v) is 5.05. The Hall–Kier alpha value is -1.76. The van der Waals surface area contributed by atoms with Gasteiger partial charge >= 0.3 is 0 Å². The van der Waals surface area contributed by atoms with Gasteiger partial charge in [0.05, 0.1) is 0 Å². The van der Waals surface area contributed by atoms with E-state index in [4.69, 9.17) is 0 Å². The highest BCUT2D eigenvalue weighted by Crippen LogP contribution is 2.17. The normalized spacial score (nSPS) is 11.1. The molecule has 0 saturated heterocycles. The fourth-order valence-electron chi connectivity index (χ4n) is 1.26. The SMILES string of the molecule is C=C(C)Nc1ccccc1/C=C/C=C\C. The van der Waals surface area contributed by atoms with Crippen LogP contribution in [0.25, 0.3) is 6.08 Å². The van der Waals surface area contributed by atoms with Gasteiger partial charge < -0.3 is 5.32 Å². The Morgan fingerprint density at radius 1 is 1.27 bits per heavy atom. The van der Waals surface area contributed by atoms with Gasteiger partial charge in [0.1, 0.15) is 0 Å². The van der Waals surface area contributed by atoms with Crippen molar-refractivity contribution in [3.05, 3.63) is 60.3 Å². The highest BCUT2D eigenvalue weighted by Gasteiger charge is 1.96. The van der Waals surface area contributed by atoms with Crippen LogP contribution in [-0.2, 0) is 0 Å². The van der Waals surface area contributed by atoms with Crippen LogP contribution in [0, 0.1) is 0 Å². The van der Waals surface area contributed by atoms with Gasteiger partial charge in [-0.25, -0.2) is 0 Å². The molecule has 0 aliphatic carbocycles. The van der Waals surface area contributed by atoms with Gasteiger partial charge in [0.15, 0.2) is 0 Å². The van der Waals surface area contributed by atoms with E-state index >= 15 is 0 Å². The van der Waals surface area contributed by atoms with Crippen molar-refractivity contribution in [2.45, 2.75) is 13.8 Å². The molecule has 0 atom stereocenters. The van der Waals surface area contributed by atoms with E-state index in [0.717, 1.165) is 11.4 Å². The maximum atomic E-state index is 3.84. The van der Waals surface area contributed by atoms with E-state index in [1.807, 2.05) is 50.3 Å². The van der Waals surface area contributed by atoms with Crippen molar-refractivity contribution in [1.29, 1.82) is 0 Å². The third kappa shape index (κ3) is 3.86. The number of para-hydroxylation sites is 1. The lowest BCUT2D eigenvalue weighted by Crippen LogP contribution is -1.95. The van der Waals surface area contributed by atoms with Gasteiger partial charge in [-0.05, 0) is 25.5 Å². The summed E-state index contributed by atoms with van der Waals surface area (Å²) in [6, 6.07) is 8.16. The molecule has 0 spiro atoms. The molecule has 0 aromatic heterocycles. The third-order valence-corrected chi connectivity index (χ3v) is 1.89. The molecule has 15 heavy (non-hydrogen) atoms. The van der Waals surface area contributed by atoms with Crippen molar-refractivity contribution in [1.82, 2.24) is 0 Å². The molecule has 0 saturated carbocycles. The minimum atomic E-state index is 0.946. The predicted octanol–water partition coefficient (Wildman–Crippen LogP) is 4.22. The molecule has 78 valence electrons. The Kier molecular flexibility index (Phi) is 4.42. The monoisotopic (exact) mass is 199 g/mol. The summed E-state index contributed by atoms with van der Waals surface area (Å²) in [5.41, 5.74) is 3.20. The number of anilines is 1. The minimum Gasteiger partial charge on any atom is -0.359 e. The van der Waals surface area contributed by atoms with E-state index in [1.165, 1.54) is 5.56 Å². The molecule has 0 aliphatic rings. The van der Waals surface area contributed by atoms with Crippen molar-refractivity contribution >= 4 is 11.8 Å². The molecular weight excluding hydrogens is 182 g/mol. The van der Waals surface area contributed by atoms with Crippen LogP contribution in [0.4, 0.5) is 5.69 Å². The summed E-state index contributed by atoms with van der Waals surface area (Å²) in [7, 11) is 0. The minimum absolute atomic E-state index is 0.946. The maximum absolute atomic E-state index is 3.84. The van der Waals surface area contributed by atoms with Gasteiger partial charge in [0.25, 0.3) is 0 Å². The number of nitrogens with one attached hydrogen (secondary N) is 1. The van der Waals surface area contributed by atoms with E-state index < -0.39 is 0 Å². The van der Waals surface area contributed by atoms with Crippen molar-refractivity contribution in [3.8, 4) is 0 Å². The molecule has 0 fully saturated rings. The second-order valence-corrected chi connectivity index (χ2v) is 3.38. The topological polar surface area (TPSA) is 12.0 Å². The summed E-state index contributed by atoms with van der Waals surface area (Å²) in [6.45, 7) is 7.79. The Bertz CT molecular complexity index is 386. The summed E-state index contributed by atoms with van der Waals surface area (Å²) < 4.78 is 0. The van der Waals surface area contributed by atoms with Crippen molar-refractivity contribution in [2.75, 3.05) is 5.32 Å². The molecule has 1 nitrogen and oxygen atoms in total. The van der Waals surface area contributed by atoms with E-state index in [0.29, 0.717) is 0 Å². The lowest BCUT2D eigenvalue weighted by atomic mass is 10.1. The number of allylic oxidation sites excluding steroid dienone is 4. The molecule has 0 bridgehead atoms. The smallest absolute Gasteiger partial charge is 0.0455 e. The van der Waals surface area contributed by atoms with Crippen LogP contribution >= 0.6 is 0 Å². The summed E-state index contributed by atoms with van der Waals surface area (Å²) in [4.78, 5) is 0. The van der Waals surface area contributed by atoms with Crippen LogP contribution in [0.2, 0.25) is 0 Å². The lowest BCUT2D eigenvalue weighted by Gasteiger charge is -2.08. The predicted molar refractivity (Wildman–Crippen MR) is 68.7 cm³/mol. The molecule has 0 aliphatic heterocycles. The first kappa shape index (κ1) is 11.3. The van der Waals surface area contributed by atoms with E-state index in [2.05, 4.69) is 24.0 Å². The van der Waals surface area contributed by atoms with Crippen LogP contribution < -0.4 is 5.32 Å². The Morgan fingerprint density at radius 2 is 2.00 bits per heavy atom. The first-order chi connectivity index (χ1) is 7.24. The molecule has 1 rings (SSSR count). The van der Waals surface area contributed by atoms with Gasteiger partial charge in [-0.15, -0.1) is 0 Å². The zero-order chi connectivity index (χ0) is 11.1. The molecule has 0 radical (unpaired) electrons. The van der Waals surface area contributed by atoms with Crippen LogP contribution in [0.3, 0.4) is 0 Å². The van der Waals surface area contributed by atoms with Crippen LogP contribution in [0.15, 0.2) is 54.8 Å². The summed E-state index contributed by atoms with van der Waals surface area (Å²) >= 11 is 0. The molecule has 1 heteroatoms. The number of rotatable bonds is 4. The molecule has 0 unspecified atom stereocenters. The quantitative estimate of drug-likeness (QED) is 0.716. The molecular formula is C14H17N. The Morgan fingerprint density at radius 3 is 2.67 bits per heavy atom. The average molecular weight is 199 g/mol. The van der Waals surface area contributed by atoms with Gasteiger partial charge in [-0.1, -0.05) is 49.1 Å². The van der Waals surface area contributed by atoms with Crippen LogP contribution in [-0.4, -0.2) is 0 Å². The molecule has 0 heterocycles. The molecule has 0 amide bonds. The fourth-order valence-corrected chi connectivity index (χ4v) is 1.26. The van der Waals surface area contributed by atoms with Crippen LogP contribution in [0.5, 0.6) is 0 Å². The fraction of sp³-hybridized carbons (Fsp3) is 0.143. The molecule has 1 aromatic rings. The number of benzene rings is 1. The standard InChI is InChI=1S/C14H17N/c1-4-5-6-9-13-10-7-8-11-14(13)15-12(2)3/h4-11,15H,2H2,1,3H3/b5-4-,9-6+. The van der Waals surface area contributed by atoms with E-state index in [9.17, 15) is 0 Å². The third-order valence-electron chi connectivity index (χ3n) is 1.89. The largest absolute Gasteiger partial charge is 0.359 e. The van der Waals surface area contributed by atoms with E-state index in [-0.39, 0.29) is 0 Å². The first-order valence-electron chi connectivity index (χ1n) is 5.05. The van der Waals surface area contributed by atoms with Crippen LogP contribution in [0.1, 0.15) is 19.4 Å². The van der Waals surface area contributed by atoms with Crippen molar-refractivity contribution in [3.63, 3.8) is 0 Å². The van der Waals surface area contributed by atoms with Gasteiger partial charge in [0, 0.05) is 11.4 Å². The Balaban J connectivity index is 2.90. The lowest BCUT2D eigenvalue weighted by molar-refractivity contribution is 1.39. The number of hydrogen-bond donors (Lipinski definition) is 1. The second kappa shape index (κ2) is 5.86. The van der Waals surface area contributed by atoms with Crippen molar-refractivity contribution < 1.29 is 0 Å². The maximum Gasteiger partial charge on any atom is 0.0455 e. The van der Waals surface area contributed by atoms with Gasteiger partial charge in [-0.2, -0.15) is 0 Å². The summed E-state index contributed by atoms with van der Waals surface area (Å²) in [5.74, 6) is 0.